The smallest absolute Gasteiger partial charge is 0.227 e. The van der Waals surface area contributed by atoms with Crippen LogP contribution in [0.4, 0.5) is 0 Å². The second-order valence-corrected chi connectivity index (χ2v) is 5.35. The zero-order valence-electron chi connectivity index (χ0n) is 8.14. The van der Waals surface area contributed by atoms with Gasteiger partial charge in [0.05, 0.1) is 12.7 Å². The molecule has 0 aromatic rings. The first kappa shape index (κ1) is 11.4. The number of sulfonamides is 1. The molecular formula is C8H14N2O3S. The predicted octanol–water partition coefficient (Wildman–Crippen LogP) is -0.192. The molecule has 1 unspecified atom stereocenters. The van der Waals surface area contributed by atoms with Crippen molar-refractivity contribution in [1.82, 2.24) is 4.31 Å². The molecule has 0 bridgehead atoms. The number of hydrogen-bond acceptors (Lipinski definition) is 4. The normalized spacial score (nSPS) is 23.6. The van der Waals surface area contributed by atoms with E-state index in [0.717, 1.165) is 6.42 Å². The third-order valence-electron chi connectivity index (χ3n) is 2.29. The number of nitriles is 1. The summed E-state index contributed by atoms with van der Waals surface area (Å²) in [6.07, 6.45) is 0.818. The maximum absolute atomic E-state index is 11.4. The Kier molecular flexibility index (Phi) is 3.86. The highest BCUT2D eigenvalue weighted by molar-refractivity contribution is 7.89. The van der Waals surface area contributed by atoms with Crippen LogP contribution in [0.2, 0.25) is 0 Å². The van der Waals surface area contributed by atoms with Crippen molar-refractivity contribution in [2.24, 2.45) is 5.92 Å². The number of hydrogen-bond donors (Lipinski definition) is 0. The molecule has 0 saturated carbocycles. The lowest BCUT2D eigenvalue weighted by Gasteiger charge is -2.13. The van der Waals surface area contributed by atoms with E-state index in [0.29, 0.717) is 19.7 Å². The lowest BCUT2D eigenvalue weighted by molar-refractivity contribution is 0.157. The van der Waals surface area contributed by atoms with Gasteiger partial charge in [-0.15, -0.1) is 0 Å². The molecule has 6 heteroatoms. The Labute approximate surface area is 84.3 Å². The van der Waals surface area contributed by atoms with E-state index in [2.05, 4.69) is 0 Å². The number of methoxy groups -OCH3 is 1. The average molecular weight is 218 g/mol. The highest BCUT2D eigenvalue weighted by Crippen LogP contribution is 2.19. The summed E-state index contributed by atoms with van der Waals surface area (Å²) in [5.41, 5.74) is 0. The van der Waals surface area contributed by atoms with Gasteiger partial charge in [0.15, 0.2) is 5.75 Å². The highest BCUT2D eigenvalue weighted by atomic mass is 32.2. The van der Waals surface area contributed by atoms with Crippen LogP contribution in [0.25, 0.3) is 0 Å². The van der Waals surface area contributed by atoms with E-state index in [1.165, 1.54) is 4.31 Å². The van der Waals surface area contributed by atoms with Gasteiger partial charge in [-0.2, -0.15) is 5.26 Å². The van der Waals surface area contributed by atoms with Crippen molar-refractivity contribution in [3.63, 3.8) is 0 Å². The van der Waals surface area contributed by atoms with E-state index < -0.39 is 15.8 Å². The van der Waals surface area contributed by atoms with Crippen LogP contribution < -0.4 is 0 Å². The van der Waals surface area contributed by atoms with Crippen LogP contribution in [-0.4, -0.2) is 45.3 Å². The van der Waals surface area contributed by atoms with E-state index >= 15 is 0 Å². The Morgan fingerprint density at radius 2 is 2.36 bits per heavy atom. The summed E-state index contributed by atoms with van der Waals surface area (Å²) in [7, 11) is -1.74. The first-order valence-corrected chi connectivity index (χ1v) is 6.05. The van der Waals surface area contributed by atoms with Crippen molar-refractivity contribution in [2.45, 2.75) is 6.42 Å². The minimum atomic E-state index is -3.34. The fraction of sp³-hybridized carbons (Fsp3) is 0.875. The Balaban J connectivity index is 2.54. The standard InChI is InChI=1S/C8H14N2O3S/c1-13-7-8-2-4-10(6-8)14(11,12)5-3-9/h8H,2,4-7H2,1H3. The molecule has 0 aromatic carbocycles. The molecule has 1 rings (SSSR count). The number of nitrogens with zero attached hydrogens (tertiary/aromatic N) is 2. The molecule has 1 fully saturated rings. The Hall–Kier alpha value is -0.640. The minimum Gasteiger partial charge on any atom is -0.384 e. The number of ether oxygens (including phenoxy) is 1. The van der Waals surface area contributed by atoms with Gasteiger partial charge >= 0.3 is 0 Å². The molecule has 0 spiro atoms. The van der Waals surface area contributed by atoms with Crippen molar-refractivity contribution in [3.8, 4) is 6.07 Å². The molecule has 0 N–H and O–H groups in total. The van der Waals surface area contributed by atoms with E-state index in [1.54, 1.807) is 13.2 Å². The van der Waals surface area contributed by atoms with Gasteiger partial charge < -0.3 is 4.74 Å². The van der Waals surface area contributed by atoms with Gasteiger partial charge in [0.25, 0.3) is 0 Å². The second kappa shape index (κ2) is 4.73. The average Bonchev–Trinajstić information content (AvgIpc) is 2.54. The summed E-state index contributed by atoms with van der Waals surface area (Å²) in [6.45, 7) is 1.58. The predicted molar refractivity (Wildman–Crippen MR) is 51.0 cm³/mol. The summed E-state index contributed by atoms with van der Waals surface area (Å²) in [4.78, 5) is 0. The summed E-state index contributed by atoms with van der Waals surface area (Å²) < 4.78 is 29.2. The molecule has 0 aliphatic carbocycles. The zero-order valence-corrected chi connectivity index (χ0v) is 8.96. The van der Waals surface area contributed by atoms with E-state index in [9.17, 15) is 8.42 Å². The molecule has 1 atom stereocenters. The van der Waals surface area contributed by atoms with Gasteiger partial charge in [0.2, 0.25) is 10.0 Å². The molecule has 1 heterocycles. The van der Waals surface area contributed by atoms with Crippen LogP contribution in [0.15, 0.2) is 0 Å². The summed E-state index contributed by atoms with van der Waals surface area (Å²) in [6, 6.07) is 1.67. The first-order valence-electron chi connectivity index (χ1n) is 4.44. The van der Waals surface area contributed by atoms with E-state index in [1.807, 2.05) is 0 Å². The van der Waals surface area contributed by atoms with Crippen molar-refractivity contribution in [2.75, 3.05) is 32.6 Å². The third kappa shape index (κ3) is 2.67. The van der Waals surface area contributed by atoms with Crippen LogP contribution in [0, 0.1) is 17.2 Å². The van der Waals surface area contributed by atoms with E-state index in [4.69, 9.17) is 10.00 Å². The lowest BCUT2D eigenvalue weighted by Crippen LogP contribution is -2.31. The van der Waals surface area contributed by atoms with Gasteiger partial charge in [0, 0.05) is 20.2 Å². The van der Waals surface area contributed by atoms with Gasteiger partial charge in [0.1, 0.15) is 0 Å². The maximum Gasteiger partial charge on any atom is 0.227 e. The maximum atomic E-state index is 11.4. The molecule has 0 radical (unpaired) electrons. The minimum absolute atomic E-state index is 0.272. The van der Waals surface area contributed by atoms with Crippen molar-refractivity contribution < 1.29 is 13.2 Å². The molecule has 1 aliphatic rings. The molecule has 0 aromatic heterocycles. The fourth-order valence-electron chi connectivity index (χ4n) is 1.59. The topological polar surface area (TPSA) is 70.4 Å². The summed E-state index contributed by atoms with van der Waals surface area (Å²) in [5.74, 6) is -0.152. The molecule has 5 nitrogen and oxygen atoms in total. The number of rotatable bonds is 4. The van der Waals surface area contributed by atoms with Crippen LogP contribution in [0.5, 0.6) is 0 Å². The van der Waals surface area contributed by atoms with Crippen molar-refractivity contribution in [3.05, 3.63) is 0 Å². The SMILES string of the molecule is COCC1CCN(S(=O)(=O)CC#N)C1. The Morgan fingerprint density at radius 1 is 1.64 bits per heavy atom. The fourth-order valence-corrected chi connectivity index (χ4v) is 2.76. The summed E-state index contributed by atoms with van der Waals surface area (Å²) in [5, 5.41) is 8.35. The Bertz CT molecular complexity index is 320. The molecule has 0 amide bonds. The third-order valence-corrected chi connectivity index (χ3v) is 3.90. The van der Waals surface area contributed by atoms with Gasteiger partial charge in [-0.1, -0.05) is 0 Å². The summed E-state index contributed by atoms with van der Waals surface area (Å²) >= 11 is 0. The van der Waals surface area contributed by atoms with Gasteiger partial charge in [-0.25, -0.2) is 12.7 Å². The molecule has 80 valence electrons. The molecule has 1 saturated heterocycles. The van der Waals surface area contributed by atoms with Crippen LogP contribution in [0.3, 0.4) is 0 Å². The highest BCUT2D eigenvalue weighted by Gasteiger charge is 2.30. The molecule has 1 aliphatic heterocycles. The van der Waals surface area contributed by atoms with Crippen LogP contribution in [-0.2, 0) is 14.8 Å². The van der Waals surface area contributed by atoms with E-state index in [-0.39, 0.29) is 5.92 Å². The van der Waals surface area contributed by atoms with Gasteiger partial charge in [-0.3, -0.25) is 0 Å². The lowest BCUT2D eigenvalue weighted by atomic mass is 10.1. The quantitative estimate of drug-likeness (QED) is 0.655. The van der Waals surface area contributed by atoms with Crippen molar-refractivity contribution in [1.29, 1.82) is 5.26 Å². The monoisotopic (exact) mass is 218 g/mol. The zero-order chi connectivity index (χ0) is 10.6. The molecular weight excluding hydrogens is 204 g/mol. The first-order chi connectivity index (χ1) is 6.60. The Morgan fingerprint density at radius 3 is 2.93 bits per heavy atom. The second-order valence-electron chi connectivity index (χ2n) is 3.38. The van der Waals surface area contributed by atoms with Crippen LogP contribution in [0.1, 0.15) is 6.42 Å². The van der Waals surface area contributed by atoms with Crippen LogP contribution >= 0.6 is 0 Å². The largest absolute Gasteiger partial charge is 0.384 e. The van der Waals surface area contributed by atoms with Gasteiger partial charge in [-0.05, 0) is 12.3 Å². The molecule has 14 heavy (non-hydrogen) atoms. The van der Waals surface area contributed by atoms with Crippen molar-refractivity contribution >= 4 is 10.0 Å².